The molecule has 150 valence electrons. The Hall–Kier alpha value is -0.565. The number of benzene rings is 1. The molecule has 3 rings (SSSR count). The number of rotatable bonds is 5. The van der Waals surface area contributed by atoms with Gasteiger partial charge < -0.3 is 18.6 Å². The summed E-state index contributed by atoms with van der Waals surface area (Å²) in [5, 5.41) is 0.184. The fourth-order valence-electron chi connectivity index (χ4n) is 3.57. The Balaban J connectivity index is 1.68. The maximum atomic E-state index is 12.5. The Morgan fingerprint density at radius 3 is 2.11 bits per heavy atom. The lowest BCUT2D eigenvalue weighted by Gasteiger charge is -2.32. The molecule has 0 radical (unpaired) electrons. The van der Waals surface area contributed by atoms with E-state index in [1.54, 1.807) is 0 Å². The summed E-state index contributed by atoms with van der Waals surface area (Å²) in [4.78, 5) is 0. The van der Waals surface area contributed by atoms with Crippen LogP contribution in [0.15, 0.2) is 12.1 Å². The minimum atomic E-state index is -1.03. The van der Waals surface area contributed by atoms with Crippen LogP contribution in [0.5, 0.6) is 0 Å². The molecule has 1 atom stereocenters. The van der Waals surface area contributed by atoms with E-state index < -0.39 is 11.4 Å². The summed E-state index contributed by atoms with van der Waals surface area (Å²) in [6, 6.07) is 4.26. The third kappa shape index (κ3) is 4.55. The molecule has 1 unspecified atom stereocenters. The van der Waals surface area contributed by atoms with Gasteiger partial charge in [-0.25, -0.2) is 0 Å². The van der Waals surface area contributed by atoms with Gasteiger partial charge in [0.05, 0.1) is 31.0 Å². The van der Waals surface area contributed by atoms with Gasteiger partial charge in [-0.15, -0.1) is 4.72 Å². The van der Waals surface area contributed by atoms with Gasteiger partial charge in [-0.3, -0.25) is 0 Å². The van der Waals surface area contributed by atoms with Gasteiger partial charge in [0.1, 0.15) is 5.25 Å². The lowest BCUT2D eigenvalue weighted by atomic mass is 9.76. The molecular formula is C20H32BNO4S. The second kappa shape index (κ2) is 8.05. The molecule has 7 heteroatoms. The Morgan fingerprint density at radius 1 is 1.07 bits per heavy atom. The van der Waals surface area contributed by atoms with Crippen molar-refractivity contribution >= 4 is 23.9 Å². The van der Waals surface area contributed by atoms with Crippen molar-refractivity contribution < 1.29 is 18.6 Å². The Kier molecular flexibility index (Phi) is 6.31. The van der Waals surface area contributed by atoms with Crippen molar-refractivity contribution in [1.82, 2.24) is 4.72 Å². The first-order valence-electron chi connectivity index (χ1n) is 9.78. The average molecular weight is 393 g/mol. The van der Waals surface area contributed by atoms with Crippen LogP contribution in [-0.2, 0) is 32.0 Å². The van der Waals surface area contributed by atoms with Crippen LogP contribution >= 0.6 is 0 Å². The first kappa shape index (κ1) is 21.2. The van der Waals surface area contributed by atoms with Gasteiger partial charge in [0.15, 0.2) is 0 Å². The molecule has 27 heavy (non-hydrogen) atoms. The molecule has 1 aromatic rings. The number of aryl methyl sites for hydroxylation is 2. The largest absolute Gasteiger partial charge is 0.598 e. The van der Waals surface area contributed by atoms with Crippen LogP contribution in [0, 0.1) is 13.8 Å². The highest BCUT2D eigenvalue weighted by molar-refractivity contribution is 7.90. The average Bonchev–Trinajstić information content (AvgIpc) is 2.82. The van der Waals surface area contributed by atoms with Gasteiger partial charge in [-0.05, 0) is 63.7 Å². The van der Waals surface area contributed by atoms with E-state index in [1.807, 2.05) is 0 Å². The van der Waals surface area contributed by atoms with Crippen molar-refractivity contribution in [2.45, 2.75) is 77.4 Å². The predicted molar refractivity (Wildman–Crippen MR) is 110 cm³/mol. The molecular weight excluding hydrogens is 361 g/mol. The maximum Gasteiger partial charge on any atom is 0.494 e. The van der Waals surface area contributed by atoms with Crippen LogP contribution in [0.2, 0.25) is 0 Å². The van der Waals surface area contributed by atoms with Crippen molar-refractivity contribution in [1.29, 1.82) is 0 Å². The topological polar surface area (TPSA) is 62.8 Å². The molecule has 0 aliphatic carbocycles. The number of nitrogens with one attached hydrogen (secondary N) is 1. The van der Waals surface area contributed by atoms with Crippen molar-refractivity contribution in [3.8, 4) is 0 Å². The van der Waals surface area contributed by atoms with Crippen LogP contribution < -0.4 is 10.2 Å². The summed E-state index contributed by atoms with van der Waals surface area (Å²) in [6.07, 6.45) is 1.72. The molecule has 2 saturated heterocycles. The lowest BCUT2D eigenvalue weighted by molar-refractivity contribution is 0.00578. The van der Waals surface area contributed by atoms with Gasteiger partial charge in [-0.2, -0.15) is 0 Å². The Morgan fingerprint density at radius 2 is 1.59 bits per heavy atom. The third-order valence-electron chi connectivity index (χ3n) is 6.11. The van der Waals surface area contributed by atoms with E-state index in [4.69, 9.17) is 14.0 Å². The van der Waals surface area contributed by atoms with E-state index in [0.29, 0.717) is 19.8 Å². The summed E-state index contributed by atoms with van der Waals surface area (Å²) in [5.74, 6) is 0. The van der Waals surface area contributed by atoms with E-state index in [1.165, 1.54) is 5.56 Å². The molecule has 0 bridgehead atoms. The number of hydrogen-bond donors (Lipinski definition) is 1. The summed E-state index contributed by atoms with van der Waals surface area (Å²) in [6.45, 7) is 14.5. The molecule has 2 aliphatic rings. The van der Waals surface area contributed by atoms with E-state index in [-0.39, 0.29) is 23.6 Å². The maximum absolute atomic E-state index is 12.5. The molecule has 2 aliphatic heterocycles. The highest BCUT2D eigenvalue weighted by Gasteiger charge is 2.51. The highest BCUT2D eigenvalue weighted by Crippen LogP contribution is 2.36. The second-order valence-electron chi connectivity index (χ2n) is 8.65. The van der Waals surface area contributed by atoms with Gasteiger partial charge in [0.25, 0.3) is 0 Å². The summed E-state index contributed by atoms with van der Waals surface area (Å²) < 4.78 is 33.5. The van der Waals surface area contributed by atoms with E-state index >= 15 is 0 Å². The van der Waals surface area contributed by atoms with Crippen molar-refractivity contribution in [3.63, 3.8) is 0 Å². The van der Waals surface area contributed by atoms with E-state index in [2.05, 4.69) is 58.4 Å². The number of ether oxygens (including phenoxy) is 1. The Bertz CT molecular complexity index is 637. The summed E-state index contributed by atoms with van der Waals surface area (Å²) in [5.41, 5.74) is 3.86. The summed E-state index contributed by atoms with van der Waals surface area (Å²) >= 11 is -1.03. The molecule has 5 nitrogen and oxygen atoms in total. The van der Waals surface area contributed by atoms with Crippen LogP contribution in [-0.4, -0.2) is 41.3 Å². The zero-order valence-electron chi connectivity index (χ0n) is 17.4. The minimum Gasteiger partial charge on any atom is -0.598 e. The molecule has 2 fully saturated rings. The van der Waals surface area contributed by atoms with Gasteiger partial charge in [0, 0.05) is 24.2 Å². The van der Waals surface area contributed by atoms with E-state index in [9.17, 15) is 4.55 Å². The van der Waals surface area contributed by atoms with Crippen LogP contribution in [0.4, 0.5) is 0 Å². The van der Waals surface area contributed by atoms with E-state index in [0.717, 1.165) is 29.4 Å². The molecule has 0 aromatic heterocycles. The zero-order valence-corrected chi connectivity index (χ0v) is 18.2. The quantitative estimate of drug-likeness (QED) is 0.615. The van der Waals surface area contributed by atoms with Crippen molar-refractivity contribution in [2.75, 3.05) is 13.2 Å². The van der Waals surface area contributed by atoms with Crippen LogP contribution in [0.25, 0.3) is 0 Å². The third-order valence-corrected chi connectivity index (χ3v) is 7.61. The van der Waals surface area contributed by atoms with Crippen molar-refractivity contribution in [2.24, 2.45) is 0 Å². The second-order valence-corrected chi connectivity index (χ2v) is 10.2. The fourth-order valence-corrected chi connectivity index (χ4v) is 4.72. The molecule has 0 amide bonds. The SMILES string of the molecule is Cc1cc(B2OC(C)(C)C(C)(C)O2)cc(C)c1CN[S+]([O-])C1CCOCC1. The first-order valence-corrected chi connectivity index (χ1v) is 11.0. The monoisotopic (exact) mass is 393 g/mol. The first-order chi connectivity index (χ1) is 12.6. The molecule has 1 N–H and O–H groups in total. The molecule has 1 aromatic carbocycles. The molecule has 0 spiro atoms. The minimum absolute atomic E-state index is 0.184. The van der Waals surface area contributed by atoms with Gasteiger partial charge >= 0.3 is 7.12 Å². The normalized spacial score (nSPS) is 23.6. The molecule has 0 saturated carbocycles. The molecule has 2 heterocycles. The Labute approximate surface area is 167 Å². The highest BCUT2D eigenvalue weighted by atomic mass is 32.2. The van der Waals surface area contributed by atoms with Crippen LogP contribution in [0.1, 0.15) is 57.2 Å². The smallest absolute Gasteiger partial charge is 0.494 e. The standard InChI is InChI=1S/C20H32BNO4S/c1-14-11-16(21-25-19(3,4)20(5,6)26-21)12-15(2)18(14)13-22-27(23)17-7-9-24-10-8-17/h11-12,17,22H,7-10,13H2,1-6H3. The zero-order chi connectivity index (χ0) is 19.8. The number of hydrogen-bond acceptors (Lipinski definition) is 5. The van der Waals surface area contributed by atoms with Gasteiger partial charge in [-0.1, -0.05) is 12.1 Å². The van der Waals surface area contributed by atoms with Gasteiger partial charge in [0.2, 0.25) is 0 Å². The fraction of sp³-hybridized carbons (Fsp3) is 0.700. The van der Waals surface area contributed by atoms with Crippen molar-refractivity contribution in [3.05, 3.63) is 28.8 Å². The predicted octanol–water partition coefficient (Wildman–Crippen LogP) is 2.53. The van der Waals surface area contributed by atoms with Crippen LogP contribution in [0.3, 0.4) is 0 Å². The lowest BCUT2D eigenvalue weighted by Crippen LogP contribution is -2.41. The summed E-state index contributed by atoms with van der Waals surface area (Å²) in [7, 11) is -0.356.